The van der Waals surface area contributed by atoms with Crippen molar-refractivity contribution in [3.05, 3.63) is 41.7 Å². The number of benzene rings is 1. The molecule has 0 spiro atoms. The summed E-state index contributed by atoms with van der Waals surface area (Å²) in [5.74, 6) is 0.793. The molecule has 1 heterocycles. The molecule has 0 aliphatic carbocycles. The average molecular weight is 268 g/mol. The maximum absolute atomic E-state index is 3.79. The molecule has 0 saturated heterocycles. The Morgan fingerprint density at radius 1 is 1.15 bits per heavy atom. The van der Waals surface area contributed by atoms with E-state index in [0.29, 0.717) is 0 Å². The smallest absolute Gasteiger partial charge is 0.152 e. The first-order valence-electron chi connectivity index (χ1n) is 3.72. The predicted octanol–water partition coefficient (Wildman–Crippen LogP) is 0.788. The van der Waals surface area contributed by atoms with Gasteiger partial charge in [0.05, 0.1) is 0 Å². The molecule has 1 N–H and O–H groups in total. The van der Waals surface area contributed by atoms with Crippen molar-refractivity contribution >= 4 is 0 Å². The fourth-order valence-electron chi connectivity index (χ4n) is 1.04. The second-order valence-corrected chi connectivity index (χ2v) is 2.51. The fraction of sp³-hybridized carbons (Fsp3) is 0.125. The molecule has 0 aliphatic heterocycles. The van der Waals surface area contributed by atoms with Crippen LogP contribution in [-0.2, 0) is 28.8 Å². The maximum Gasteiger partial charge on any atom is 0.152 e. The minimum atomic E-state index is 0. The summed E-state index contributed by atoms with van der Waals surface area (Å²) >= 11 is 0. The van der Waals surface area contributed by atoms with Gasteiger partial charge in [0.25, 0.3) is 0 Å². The van der Waals surface area contributed by atoms with Crippen molar-refractivity contribution in [2.24, 2.45) is 0 Å². The number of aromatic amines is 1. The zero-order valence-electron chi connectivity index (χ0n) is 6.74. The van der Waals surface area contributed by atoms with Gasteiger partial charge in [0.1, 0.15) is 0 Å². The monoisotopic (exact) mass is 267 g/mol. The molecular formula is C8H8AgN4. The number of aromatic nitrogens is 4. The number of hydrogen-bond donors (Lipinski definition) is 1. The molecule has 1 radical (unpaired) electrons. The van der Waals surface area contributed by atoms with Gasteiger partial charge in [-0.25, -0.2) is 5.10 Å². The van der Waals surface area contributed by atoms with Gasteiger partial charge in [-0.05, 0) is 16.0 Å². The second-order valence-electron chi connectivity index (χ2n) is 2.51. The number of rotatable bonds is 2. The van der Waals surface area contributed by atoms with E-state index in [2.05, 4.69) is 20.6 Å². The molecule has 2 rings (SSSR count). The molecule has 0 unspecified atom stereocenters. The van der Waals surface area contributed by atoms with E-state index >= 15 is 0 Å². The van der Waals surface area contributed by atoms with Gasteiger partial charge in [-0.15, -0.1) is 5.10 Å². The van der Waals surface area contributed by atoms with E-state index in [9.17, 15) is 0 Å². The first-order valence-corrected chi connectivity index (χ1v) is 3.72. The number of H-pyrrole nitrogens is 1. The molecule has 0 atom stereocenters. The van der Waals surface area contributed by atoms with Crippen LogP contribution in [0.2, 0.25) is 0 Å². The van der Waals surface area contributed by atoms with Gasteiger partial charge in [0.2, 0.25) is 0 Å². The van der Waals surface area contributed by atoms with Gasteiger partial charge >= 0.3 is 0 Å². The second kappa shape index (κ2) is 4.91. The average Bonchev–Trinajstić information content (AvgIpc) is 2.59. The van der Waals surface area contributed by atoms with E-state index in [1.165, 1.54) is 5.56 Å². The molecule has 2 aromatic rings. The molecule has 1 aromatic carbocycles. The van der Waals surface area contributed by atoms with Crippen molar-refractivity contribution in [3.63, 3.8) is 0 Å². The van der Waals surface area contributed by atoms with Crippen molar-refractivity contribution in [1.29, 1.82) is 0 Å². The summed E-state index contributed by atoms with van der Waals surface area (Å²) in [6, 6.07) is 10.1. The van der Waals surface area contributed by atoms with Gasteiger partial charge in [-0.2, -0.15) is 0 Å². The van der Waals surface area contributed by atoms with Crippen LogP contribution in [0, 0.1) is 0 Å². The normalized spacial score (nSPS) is 9.23. The zero-order valence-corrected chi connectivity index (χ0v) is 8.22. The van der Waals surface area contributed by atoms with Crippen LogP contribution in [0.1, 0.15) is 11.4 Å². The van der Waals surface area contributed by atoms with E-state index in [1.807, 2.05) is 30.3 Å². The minimum Gasteiger partial charge on any atom is -0.243 e. The SMILES string of the molecule is [Ag].c1ccc(Cc2nnn[nH]2)cc1. The molecule has 0 aliphatic rings. The Morgan fingerprint density at radius 3 is 2.54 bits per heavy atom. The summed E-state index contributed by atoms with van der Waals surface area (Å²) in [7, 11) is 0. The Hall–Kier alpha value is -0.970. The van der Waals surface area contributed by atoms with Crippen LogP contribution < -0.4 is 0 Å². The Morgan fingerprint density at radius 2 is 1.92 bits per heavy atom. The number of nitrogens with zero attached hydrogens (tertiary/aromatic N) is 3. The van der Waals surface area contributed by atoms with Crippen molar-refractivity contribution in [1.82, 2.24) is 20.6 Å². The summed E-state index contributed by atoms with van der Waals surface area (Å²) in [6.45, 7) is 0. The maximum atomic E-state index is 3.79. The largest absolute Gasteiger partial charge is 0.243 e. The molecule has 71 valence electrons. The van der Waals surface area contributed by atoms with Crippen LogP contribution in [0.4, 0.5) is 0 Å². The van der Waals surface area contributed by atoms with E-state index < -0.39 is 0 Å². The predicted molar refractivity (Wildman–Crippen MR) is 43.4 cm³/mol. The van der Waals surface area contributed by atoms with Crippen molar-refractivity contribution in [2.45, 2.75) is 6.42 Å². The third-order valence-corrected chi connectivity index (χ3v) is 1.60. The molecule has 4 nitrogen and oxygen atoms in total. The Kier molecular flexibility index (Phi) is 3.82. The first-order chi connectivity index (χ1) is 5.95. The number of hydrogen-bond acceptors (Lipinski definition) is 3. The van der Waals surface area contributed by atoms with Gasteiger partial charge in [-0.3, -0.25) is 0 Å². The standard InChI is InChI=1S/C8H8N4.Ag/c1-2-4-7(5-3-1)6-8-9-11-12-10-8;/h1-5H,6H2,(H,9,10,11,12);. The van der Waals surface area contributed by atoms with Crippen LogP contribution in [-0.4, -0.2) is 20.6 Å². The van der Waals surface area contributed by atoms with Crippen molar-refractivity contribution in [2.75, 3.05) is 0 Å². The first kappa shape index (κ1) is 10.1. The van der Waals surface area contributed by atoms with E-state index in [1.54, 1.807) is 0 Å². The van der Waals surface area contributed by atoms with E-state index in [4.69, 9.17) is 0 Å². The Labute approximate surface area is 91.3 Å². The third-order valence-electron chi connectivity index (χ3n) is 1.60. The fourth-order valence-corrected chi connectivity index (χ4v) is 1.04. The molecular weight excluding hydrogens is 260 g/mol. The van der Waals surface area contributed by atoms with Crippen LogP contribution in [0.15, 0.2) is 30.3 Å². The third kappa shape index (κ3) is 2.77. The van der Waals surface area contributed by atoms with Crippen LogP contribution in [0.3, 0.4) is 0 Å². The zero-order chi connectivity index (χ0) is 8.23. The van der Waals surface area contributed by atoms with Gasteiger partial charge < -0.3 is 0 Å². The summed E-state index contributed by atoms with van der Waals surface area (Å²) in [5.41, 5.74) is 1.20. The molecule has 5 heteroatoms. The Balaban J connectivity index is 0.000000845. The summed E-state index contributed by atoms with van der Waals surface area (Å²) in [6.07, 6.45) is 0.758. The van der Waals surface area contributed by atoms with Crippen LogP contribution >= 0.6 is 0 Å². The summed E-state index contributed by atoms with van der Waals surface area (Å²) in [4.78, 5) is 0. The number of nitrogens with one attached hydrogen (secondary N) is 1. The summed E-state index contributed by atoms with van der Waals surface area (Å²) in [5, 5.41) is 13.5. The van der Waals surface area contributed by atoms with Crippen LogP contribution in [0.25, 0.3) is 0 Å². The molecule has 0 bridgehead atoms. The van der Waals surface area contributed by atoms with Crippen molar-refractivity contribution < 1.29 is 22.4 Å². The van der Waals surface area contributed by atoms with E-state index in [-0.39, 0.29) is 22.4 Å². The number of tetrazole rings is 1. The quantitative estimate of drug-likeness (QED) is 0.819. The molecule has 0 amide bonds. The van der Waals surface area contributed by atoms with Gasteiger partial charge in [0.15, 0.2) is 5.82 Å². The molecule has 0 fully saturated rings. The van der Waals surface area contributed by atoms with E-state index in [0.717, 1.165) is 12.2 Å². The Bertz CT molecular complexity index is 332. The topological polar surface area (TPSA) is 54.5 Å². The molecule has 13 heavy (non-hydrogen) atoms. The molecule has 0 saturated carbocycles. The van der Waals surface area contributed by atoms with Gasteiger partial charge in [-0.1, -0.05) is 30.3 Å². The summed E-state index contributed by atoms with van der Waals surface area (Å²) < 4.78 is 0. The minimum absolute atomic E-state index is 0. The van der Waals surface area contributed by atoms with Crippen LogP contribution in [0.5, 0.6) is 0 Å². The van der Waals surface area contributed by atoms with Crippen molar-refractivity contribution in [3.8, 4) is 0 Å². The van der Waals surface area contributed by atoms with Gasteiger partial charge in [0, 0.05) is 28.8 Å². The molecule has 1 aromatic heterocycles.